The normalized spacial score (nSPS) is 27.0. The van der Waals surface area contributed by atoms with Gasteiger partial charge in [0.05, 0.1) is 37.7 Å². The van der Waals surface area contributed by atoms with E-state index in [4.69, 9.17) is 23.7 Å². The Hall–Kier alpha value is -2.82. The lowest BCUT2D eigenvalue weighted by Crippen LogP contribution is -2.49. The van der Waals surface area contributed by atoms with Crippen molar-refractivity contribution in [2.45, 2.75) is 87.6 Å². The maximum Gasteiger partial charge on any atom is 0.339 e. The zero-order valence-electron chi connectivity index (χ0n) is 23.2. The number of hydrogen-bond acceptors (Lipinski definition) is 10. The lowest BCUT2D eigenvalue weighted by atomic mass is 9.77. The standard InChI is InChI=1S/C29H39NO9/c1-27(2,33)8-5-10-29(34,16-23(31)36-4)26(32)39-25-22(35-3)15-28-9-6-11-30(28)12-7-18-13-20-21(38-17-37-20)14-19(18)24(25)28/h13-15,24-25,33-34H,5-12,16-17H2,1-4H3/t24-,25+,28-,29+/m0/s1. The van der Waals surface area contributed by atoms with Crippen molar-refractivity contribution in [2.24, 2.45) is 0 Å². The van der Waals surface area contributed by atoms with Gasteiger partial charge < -0.3 is 33.9 Å². The highest BCUT2D eigenvalue weighted by atomic mass is 16.7. The van der Waals surface area contributed by atoms with Gasteiger partial charge in [-0.05, 0) is 88.3 Å². The third-order valence-corrected chi connectivity index (χ3v) is 8.62. The zero-order chi connectivity index (χ0) is 28.0. The van der Waals surface area contributed by atoms with Gasteiger partial charge in [-0.15, -0.1) is 0 Å². The van der Waals surface area contributed by atoms with E-state index in [0.29, 0.717) is 30.1 Å². The highest BCUT2D eigenvalue weighted by molar-refractivity contribution is 5.86. The number of aliphatic hydroxyl groups is 2. The Morgan fingerprint density at radius 3 is 2.56 bits per heavy atom. The van der Waals surface area contributed by atoms with Crippen molar-refractivity contribution in [1.82, 2.24) is 4.90 Å². The van der Waals surface area contributed by atoms with E-state index < -0.39 is 41.2 Å². The fraction of sp³-hybridized carbons (Fsp3) is 0.655. The molecule has 39 heavy (non-hydrogen) atoms. The van der Waals surface area contributed by atoms with Crippen molar-refractivity contribution in [2.75, 3.05) is 34.1 Å². The molecule has 2 N–H and O–H groups in total. The van der Waals surface area contributed by atoms with E-state index in [1.165, 1.54) is 7.11 Å². The molecule has 1 aromatic carbocycles. The molecule has 1 fully saturated rings. The summed E-state index contributed by atoms with van der Waals surface area (Å²) in [6, 6.07) is 4.00. The summed E-state index contributed by atoms with van der Waals surface area (Å²) in [4.78, 5) is 28.4. The number of carbonyl (C=O) groups is 2. The van der Waals surface area contributed by atoms with Crippen LogP contribution in [0.1, 0.15) is 69.4 Å². The second-order valence-corrected chi connectivity index (χ2v) is 11.7. The van der Waals surface area contributed by atoms with E-state index in [1.54, 1.807) is 21.0 Å². The van der Waals surface area contributed by atoms with Crippen molar-refractivity contribution < 1.29 is 43.5 Å². The number of nitrogens with zero attached hydrogens (tertiary/aromatic N) is 1. The molecule has 4 aliphatic rings. The predicted octanol–water partition coefficient (Wildman–Crippen LogP) is 2.58. The fourth-order valence-corrected chi connectivity index (χ4v) is 6.71. The summed E-state index contributed by atoms with van der Waals surface area (Å²) in [5, 5.41) is 21.6. The van der Waals surface area contributed by atoms with Crippen LogP contribution in [0, 0.1) is 0 Å². The van der Waals surface area contributed by atoms with Gasteiger partial charge in [0, 0.05) is 6.54 Å². The first kappa shape index (κ1) is 27.7. The van der Waals surface area contributed by atoms with Gasteiger partial charge in [-0.1, -0.05) is 0 Å². The van der Waals surface area contributed by atoms with E-state index in [1.807, 2.05) is 12.1 Å². The minimum atomic E-state index is -2.12. The summed E-state index contributed by atoms with van der Waals surface area (Å²) in [5.41, 5.74) is -1.42. The summed E-state index contributed by atoms with van der Waals surface area (Å²) in [6.45, 7) is 5.21. The molecule has 0 amide bonds. The number of ether oxygens (including phenoxy) is 5. The monoisotopic (exact) mass is 545 g/mol. The van der Waals surface area contributed by atoms with Crippen molar-refractivity contribution >= 4 is 11.9 Å². The van der Waals surface area contributed by atoms with Crippen molar-refractivity contribution in [3.63, 3.8) is 0 Å². The maximum atomic E-state index is 13.8. The topological polar surface area (TPSA) is 124 Å². The second kappa shape index (κ2) is 10.3. The van der Waals surface area contributed by atoms with E-state index in [2.05, 4.69) is 11.0 Å². The average Bonchev–Trinajstić information content (AvgIpc) is 3.56. The van der Waals surface area contributed by atoms with Crippen LogP contribution in [0.15, 0.2) is 24.0 Å². The minimum Gasteiger partial charge on any atom is -0.497 e. The van der Waals surface area contributed by atoms with Crippen LogP contribution in [0.4, 0.5) is 0 Å². The van der Waals surface area contributed by atoms with Gasteiger partial charge in [0.2, 0.25) is 6.79 Å². The first-order valence-corrected chi connectivity index (χ1v) is 13.7. The Balaban J connectivity index is 1.50. The summed E-state index contributed by atoms with van der Waals surface area (Å²) in [6.07, 6.45) is 3.94. The van der Waals surface area contributed by atoms with Gasteiger partial charge in [0.15, 0.2) is 23.2 Å². The SMILES string of the molecule is COC(=O)C[C@](O)(CCCC(C)(C)O)C(=O)O[C@@H]1C(OC)=C[C@]23CCCN2CCc2cc4c(cc2[C@@H]13)OCO4. The first-order valence-electron chi connectivity index (χ1n) is 13.7. The number of fused-ring (bicyclic) bond motifs is 3. The number of carbonyl (C=O) groups excluding carboxylic acids is 2. The molecule has 3 heterocycles. The molecule has 0 saturated carbocycles. The molecular weight excluding hydrogens is 506 g/mol. The summed E-state index contributed by atoms with van der Waals surface area (Å²) in [5.74, 6) is -0.0645. The van der Waals surface area contributed by atoms with E-state index in [0.717, 1.165) is 43.5 Å². The molecule has 0 aromatic heterocycles. The second-order valence-electron chi connectivity index (χ2n) is 11.7. The molecule has 10 heteroatoms. The lowest BCUT2D eigenvalue weighted by Gasteiger charge is -2.39. The third kappa shape index (κ3) is 5.10. The van der Waals surface area contributed by atoms with Crippen LogP contribution in [0.2, 0.25) is 0 Å². The van der Waals surface area contributed by atoms with Crippen LogP contribution >= 0.6 is 0 Å². The van der Waals surface area contributed by atoms with Crippen molar-refractivity contribution in [3.8, 4) is 11.5 Å². The largest absolute Gasteiger partial charge is 0.497 e. The van der Waals surface area contributed by atoms with Crippen LogP contribution in [0.5, 0.6) is 11.5 Å². The maximum absolute atomic E-state index is 13.8. The summed E-state index contributed by atoms with van der Waals surface area (Å²) < 4.78 is 28.1. The molecule has 3 aliphatic heterocycles. The molecule has 214 valence electrons. The van der Waals surface area contributed by atoms with Crippen LogP contribution in [-0.2, 0) is 30.2 Å². The first-order chi connectivity index (χ1) is 18.5. The average molecular weight is 546 g/mol. The molecular formula is C29H39NO9. The smallest absolute Gasteiger partial charge is 0.339 e. The van der Waals surface area contributed by atoms with Gasteiger partial charge >= 0.3 is 11.9 Å². The highest BCUT2D eigenvalue weighted by Crippen LogP contribution is 2.55. The zero-order valence-corrected chi connectivity index (χ0v) is 23.2. The van der Waals surface area contributed by atoms with Crippen molar-refractivity contribution in [1.29, 1.82) is 0 Å². The molecule has 0 unspecified atom stereocenters. The van der Waals surface area contributed by atoms with E-state index >= 15 is 0 Å². The van der Waals surface area contributed by atoms with E-state index in [-0.39, 0.29) is 19.1 Å². The van der Waals surface area contributed by atoms with Crippen LogP contribution in [-0.4, -0.2) is 84.0 Å². The number of methoxy groups -OCH3 is 2. The number of rotatable bonds is 9. The van der Waals surface area contributed by atoms with Gasteiger partial charge in [0.1, 0.15) is 5.76 Å². The number of hydrogen-bond donors (Lipinski definition) is 2. The van der Waals surface area contributed by atoms with Gasteiger partial charge in [-0.2, -0.15) is 0 Å². The Morgan fingerprint density at radius 1 is 1.13 bits per heavy atom. The third-order valence-electron chi connectivity index (χ3n) is 8.62. The van der Waals surface area contributed by atoms with Gasteiger partial charge in [-0.25, -0.2) is 4.79 Å². The minimum absolute atomic E-state index is 0.0686. The Bertz CT molecular complexity index is 1160. The Kier molecular flexibility index (Phi) is 7.32. The predicted molar refractivity (Wildman–Crippen MR) is 139 cm³/mol. The fourth-order valence-electron chi connectivity index (χ4n) is 6.71. The number of benzene rings is 1. The summed E-state index contributed by atoms with van der Waals surface area (Å²) in [7, 11) is 2.76. The van der Waals surface area contributed by atoms with Crippen molar-refractivity contribution in [3.05, 3.63) is 35.1 Å². The van der Waals surface area contributed by atoms with Crippen LogP contribution < -0.4 is 9.47 Å². The molecule has 1 spiro atoms. The highest BCUT2D eigenvalue weighted by Gasteiger charge is 2.59. The quantitative estimate of drug-likeness (QED) is 0.448. The lowest BCUT2D eigenvalue weighted by molar-refractivity contribution is -0.178. The molecule has 1 aliphatic carbocycles. The molecule has 0 bridgehead atoms. The van der Waals surface area contributed by atoms with Gasteiger partial charge in [-0.3, -0.25) is 9.69 Å². The van der Waals surface area contributed by atoms with E-state index in [9.17, 15) is 19.8 Å². The van der Waals surface area contributed by atoms with Gasteiger partial charge in [0.25, 0.3) is 0 Å². The Morgan fingerprint density at radius 2 is 1.87 bits per heavy atom. The summed E-state index contributed by atoms with van der Waals surface area (Å²) >= 11 is 0. The molecule has 10 nitrogen and oxygen atoms in total. The molecule has 0 radical (unpaired) electrons. The molecule has 5 rings (SSSR count). The molecule has 4 atom stereocenters. The Labute approximate surface area is 228 Å². The molecule has 1 saturated heterocycles. The molecule has 1 aromatic rings. The van der Waals surface area contributed by atoms with Crippen LogP contribution in [0.25, 0.3) is 0 Å². The van der Waals surface area contributed by atoms with Crippen LogP contribution in [0.3, 0.4) is 0 Å². The number of esters is 2.